The SMILES string of the molecule is CCCCCCCCCCCC(=O)Nc1scc(-c2ccc(F)cc2)c1C(=O)OC. The number of halogens is 1. The lowest BCUT2D eigenvalue weighted by atomic mass is 10.0. The van der Waals surface area contributed by atoms with Gasteiger partial charge in [0.2, 0.25) is 5.91 Å². The van der Waals surface area contributed by atoms with Gasteiger partial charge in [0.1, 0.15) is 16.4 Å². The molecule has 1 amide bonds. The Morgan fingerprint density at radius 1 is 0.967 bits per heavy atom. The third-order valence-electron chi connectivity index (χ3n) is 5.10. The summed E-state index contributed by atoms with van der Waals surface area (Å²) in [6, 6.07) is 5.90. The molecule has 1 heterocycles. The van der Waals surface area contributed by atoms with Crippen molar-refractivity contribution < 1.29 is 18.7 Å². The summed E-state index contributed by atoms with van der Waals surface area (Å²) in [4.78, 5) is 24.7. The van der Waals surface area contributed by atoms with E-state index >= 15 is 0 Å². The van der Waals surface area contributed by atoms with E-state index in [1.54, 1.807) is 17.5 Å². The number of unbranched alkanes of at least 4 members (excludes halogenated alkanes) is 8. The van der Waals surface area contributed by atoms with Gasteiger partial charge in [-0.1, -0.05) is 70.4 Å². The van der Waals surface area contributed by atoms with Crippen molar-refractivity contribution in [3.05, 3.63) is 41.0 Å². The van der Waals surface area contributed by atoms with E-state index in [0.29, 0.717) is 28.1 Å². The molecule has 2 aromatic rings. The number of anilines is 1. The fraction of sp³-hybridized carbons (Fsp3) is 0.500. The summed E-state index contributed by atoms with van der Waals surface area (Å²) in [5, 5.41) is 5.12. The molecule has 0 aliphatic carbocycles. The number of benzene rings is 1. The zero-order chi connectivity index (χ0) is 21.8. The average molecular weight is 434 g/mol. The zero-order valence-corrected chi connectivity index (χ0v) is 18.8. The lowest BCUT2D eigenvalue weighted by molar-refractivity contribution is -0.116. The number of hydrogen-bond donors (Lipinski definition) is 1. The Bertz CT molecular complexity index is 801. The smallest absolute Gasteiger partial charge is 0.341 e. The number of methoxy groups -OCH3 is 1. The highest BCUT2D eigenvalue weighted by molar-refractivity contribution is 7.15. The molecule has 2 rings (SSSR count). The fourth-order valence-corrected chi connectivity index (χ4v) is 4.36. The van der Waals surface area contributed by atoms with Gasteiger partial charge in [0.05, 0.1) is 7.11 Å². The minimum Gasteiger partial charge on any atom is -0.465 e. The van der Waals surface area contributed by atoms with Gasteiger partial charge in [-0.15, -0.1) is 11.3 Å². The van der Waals surface area contributed by atoms with Gasteiger partial charge in [-0.25, -0.2) is 9.18 Å². The minimum atomic E-state index is -0.519. The average Bonchev–Trinajstić information content (AvgIpc) is 3.15. The van der Waals surface area contributed by atoms with Crippen LogP contribution in [0, 0.1) is 5.82 Å². The minimum absolute atomic E-state index is 0.101. The van der Waals surface area contributed by atoms with Gasteiger partial charge in [0.15, 0.2) is 0 Å². The van der Waals surface area contributed by atoms with Crippen molar-refractivity contribution in [2.24, 2.45) is 0 Å². The summed E-state index contributed by atoms with van der Waals surface area (Å²) < 4.78 is 18.1. The lowest BCUT2D eigenvalue weighted by Crippen LogP contribution is -2.13. The molecule has 0 bridgehead atoms. The highest BCUT2D eigenvalue weighted by Gasteiger charge is 2.22. The lowest BCUT2D eigenvalue weighted by Gasteiger charge is -2.08. The van der Waals surface area contributed by atoms with Crippen LogP contribution in [0.25, 0.3) is 11.1 Å². The molecule has 0 saturated carbocycles. The molecule has 1 N–H and O–H groups in total. The third-order valence-corrected chi connectivity index (χ3v) is 5.99. The second-order valence-electron chi connectivity index (χ2n) is 7.48. The Kier molecular flexibility index (Phi) is 10.6. The maximum Gasteiger partial charge on any atom is 0.341 e. The summed E-state index contributed by atoms with van der Waals surface area (Å²) >= 11 is 1.28. The van der Waals surface area contributed by atoms with E-state index in [0.717, 1.165) is 19.3 Å². The molecule has 0 unspecified atom stereocenters. The molecule has 6 heteroatoms. The predicted octanol–water partition coefficient (Wildman–Crippen LogP) is 7.20. The Balaban J connectivity index is 1.86. The van der Waals surface area contributed by atoms with Gasteiger partial charge >= 0.3 is 5.97 Å². The molecule has 0 saturated heterocycles. The van der Waals surface area contributed by atoms with Gasteiger partial charge in [-0.05, 0) is 24.1 Å². The maximum atomic E-state index is 13.2. The number of amides is 1. The quantitative estimate of drug-likeness (QED) is 0.268. The van der Waals surface area contributed by atoms with Crippen molar-refractivity contribution in [1.82, 2.24) is 0 Å². The monoisotopic (exact) mass is 433 g/mol. The zero-order valence-electron chi connectivity index (χ0n) is 18.0. The van der Waals surface area contributed by atoms with Gasteiger partial charge in [0.25, 0.3) is 0 Å². The molecular weight excluding hydrogens is 401 g/mol. The fourth-order valence-electron chi connectivity index (χ4n) is 3.38. The van der Waals surface area contributed by atoms with Crippen LogP contribution in [0.5, 0.6) is 0 Å². The number of ether oxygens (including phenoxy) is 1. The second-order valence-corrected chi connectivity index (χ2v) is 8.36. The van der Waals surface area contributed by atoms with E-state index < -0.39 is 5.97 Å². The molecule has 4 nitrogen and oxygen atoms in total. The number of nitrogens with one attached hydrogen (secondary N) is 1. The summed E-state index contributed by atoms with van der Waals surface area (Å²) in [5.74, 6) is -0.965. The van der Waals surface area contributed by atoms with Crippen LogP contribution in [0.4, 0.5) is 9.39 Å². The molecule has 0 radical (unpaired) electrons. The van der Waals surface area contributed by atoms with Crippen LogP contribution in [0.2, 0.25) is 0 Å². The molecular formula is C24H32FNO3S. The van der Waals surface area contributed by atoms with E-state index in [1.807, 2.05) is 0 Å². The first kappa shape index (κ1) is 24.1. The normalized spacial score (nSPS) is 10.8. The number of hydrogen-bond acceptors (Lipinski definition) is 4. The number of carbonyl (C=O) groups is 2. The van der Waals surface area contributed by atoms with Crippen LogP contribution in [0.3, 0.4) is 0 Å². The van der Waals surface area contributed by atoms with E-state index in [-0.39, 0.29) is 11.7 Å². The molecule has 30 heavy (non-hydrogen) atoms. The van der Waals surface area contributed by atoms with Crippen molar-refractivity contribution in [3.63, 3.8) is 0 Å². The maximum absolute atomic E-state index is 13.2. The van der Waals surface area contributed by atoms with Crippen LogP contribution in [-0.4, -0.2) is 19.0 Å². The van der Waals surface area contributed by atoms with Crippen LogP contribution in [0.15, 0.2) is 29.6 Å². The van der Waals surface area contributed by atoms with Crippen molar-refractivity contribution in [1.29, 1.82) is 0 Å². The Hall–Kier alpha value is -2.21. The standard InChI is InChI=1S/C24H32FNO3S/c1-3-4-5-6-7-8-9-10-11-12-21(27)26-23-22(24(28)29-2)20(17-30-23)18-13-15-19(25)16-14-18/h13-17H,3-12H2,1-2H3,(H,26,27). The Labute approximate surface area is 182 Å². The number of rotatable bonds is 13. The van der Waals surface area contributed by atoms with Crippen molar-refractivity contribution in [3.8, 4) is 11.1 Å². The predicted molar refractivity (Wildman–Crippen MR) is 122 cm³/mol. The van der Waals surface area contributed by atoms with E-state index in [4.69, 9.17) is 4.74 Å². The van der Waals surface area contributed by atoms with Crippen molar-refractivity contribution in [2.45, 2.75) is 71.1 Å². The molecule has 1 aromatic carbocycles. The molecule has 0 spiro atoms. The first-order valence-corrected chi connectivity index (χ1v) is 11.7. The summed E-state index contributed by atoms with van der Waals surface area (Å²) in [7, 11) is 1.31. The van der Waals surface area contributed by atoms with Crippen molar-refractivity contribution >= 4 is 28.2 Å². The van der Waals surface area contributed by atoms with Gasteiger partial charge in [-0.3, -0.25) is 4.79 Å². The van der Waals surface area contributed by atoms with Crippen molar-refractivity contribution in [2.75, 3.05) is 12.4 Å². The first-order valence-electron chi connectivity index (χ1n) is 10.8. The topological polar surface area (TPSA) is 55.4 Å². The van der Waals surface area contributed by atoms with Crippen LogP contribution in [-0.2, 0) is 9.53 Å². The molecule has 0 aliphatic rings. The third kappa shape index (κ3) is 7.56. The van der Waals surface area contributed by atoms with Crippen LogP contribution >= 0.6 is 11.3 Å². The van der Waals surface area contributed by atoms with Gasteiger partial charge in [0, 0.05) is 17.4 Å². The highest BCUT2D eigenvalue weighted by atomic mass is 32.1. The highest BCUT2D eigenvalue weighted by Crippen LogP contribution is 2.36. The van der Waals surface area contributed by atoms with Gasteiger partial charge in [-0.2, -0.15) is 0 Å². The summed E-state index contributed by atoms with van der Waals surface area (Å²) in [6.45, 7) is 2.22. The van der Waals surface area contributed by atoms with Crippen LogP contribution < -0.4 is 5.32 Å². The van der Waals surface area contributed by atoms with Crippen LogP contribution in [0.1, 0.15) is 81.5 Å². The summed E-state index contributed by atoms with van der Waals surface area (Å²) in [5.41, 5.74) is 1.65. The molecule has 0 fully saturated rings. The number of thiophene rings is 1. The Morgan fingerprint density at radius 2 is 1.57 bits per heavy atom. The molecule has 0 atom stereocenters. The van der Waals surface area contributed by atoms with E-state index in [2.05, 4.69) is 12.2 Å². The largest absolute Gasteiger partial charge is 0.465 e. The van der Waals surface area contributed by atoms with Gasteiger partial charge < -0.3 is 10.1 Å². The first-order chi connectivity index (χ1) is 14.6. The van der Waals surface area contributed by atoms with E-state index in [9.17, 15) is 14.0 Å². The molecule has 1 aromatic heterocycles. The second kappa shape index (κ2) is 13.2. The Morgan fingerprint density at radius 3 is 2.17 bits per heavy atom. The number of esters is 1. The van der Waals surface area contributed by atoms with E-state index in [1.165, 1.54) is 69.1 Å². The summed E-state index contributed by atoms with van der Waals surface area (Å²) in [6.07, 6.45) is 11.2. The number of carbonyl (C=O) groups excluding carboxylic acids is 2. The molecule has 0 aliphatic heterocycles. The molecule has 164 valence electrons.